The average Bonchev–Trinajstić information content (AvgIpc) is 2.83. The van der Waals surface area contributed by atoms with Gasteiger partial charge in [0.2, 0.25) is 11.8 Å². The van der Waals surface area contributed by atoms with Crippen LogP contribution in [-0.2, 0) is 14.3 Å². The van der Waals surface area contributed by atoms with Crippen LogP contribution >= 0.6 is 0 Å². The standard InChI is InChI=1S/C22H22FN3O4/c1-30-12-20(27)24-14-8-9-26-19(11-14)21(28)25-18-7-6-13(10-16(18)22(26)29)15-4-2-3-5-17(15)23/h2-7,10,14,19H,8-9,11-12H2,1H3,(H,24,27)(H,25,28)/t14-,19-/m0/s1. The molecule has 2 aliphatic heterocycles. The van der Waals surface area contributed by atoms with Crippen LogP contribution in [0.5, 0.6) is 0 Å². The number of hydrogen-bond acceptors (Lipinski definition) is 4. The Balaban J connectivity index is 1.61. The van der Waals surface area contributed by atoms with Crippen LogP contribution in [-0.4, -0.2) is 55.0 Å². The van der Waals surface area contributed by atoms with Gasteiger partial charge in [-0.05, 0) is 36.6 Å². The summed E-state index contributed by atoms with van der Waals surface area (Å²) in [5, 5.41) is 5.65. The molecule has 0 radical (unpaired) electrons. The molecule has 30 heavy (non-hydrogen) atoms. The van der Waals surface area contributed by atoms with Gasteiger partial charge in [0, 0.05) is 25.3 Å². The highest BCUT2D eigenvalue weighted by Crippen LogP contribution is 2.32. The molecule has 156 valence electrons. The topological polar surface area (TPSA) is 87.7 Å². The molecule has 0 aromatic heterocycles. The van der Waals surface area contributed by atoms with Gasteiger partial charge in [-0.1, -0.05) is 24.3 Å². The van der Waals surface area contributed by atoms with Crippen molar-refractivity contribution in [3.05, 3.63) is 53.8 Å². The fraction of sp³-hybridized carbons (Fsp3) is 0.318. The third kappa shape index (κ3) is 3.78. The van der Waals surface area contributed by atoms with E-state index in [1.54, 1.807) is 36.4 Å². The number of nitrogens with one attached hydrogen (secondary N) is 2. The van der Waals surface area contributed by atoms with Crippen LogP contribution in [0.2, 0.25) is 0 Å². The predicted octanol–water partition coefficient (Wildman–Crippen LogP) is 2.18. The Morgan fingerprint density at radius 2 is 2.03 bits per heavy atom. The summed E-state index contributed by atoms with van der Waals surface area (Å²) < 4.78 is 19.0. The molecule has 7 nitrogen and oxygen atoms in total. The third-order valence-electron chi connectivity index (χ3n) is 5.50. The van der Waals surface area contributed by atoms with Crippen LogP contribution in [0.1, 0.15) is 23.2 Å². The Hall–Kier alpha value is -3.26. The minimum absolute atomic E-state index is 0.0553. The van der Waals surface area contributed by atoms with Crippen molar-refractivity contribution in [2.45, 2.75) is 24.9 Å². The molecule has 2 aromatic carbocycles. The van der Waals surface area contributed by atoms with Gasteiger partial charge >= 0.3 is 0 Å². The van der Waals surface area contributed by atoms with Crippen LogP contribution < -0.4 is 10.6 Å². The number of halogens is 1. The van der Waals surface area contributed by atoms with Crippen molar-refractivity contribution in [1.82, 2.24) is 10.2 Å². The number of rotatable bonds is 4. The molecule has 2 N–H and O–H groups in total. The van der Waals surface area contributed by atoms with Gasteiger partial charge in [0.05, 0.1) is 11.3 Å². The highest BCUT2D eigenvalue weighted by molar-refractivity contribution is 6.10. The normalized spacial score (nSPS) is 20.7. The molecular weight excluding hydrogens is 389 g/mol. The highest BCUT2D eigenvalue weighted by atomic mass is 19.1. The van der Waals surface area contributed by atoms with Gasteiger partial charge in [0.15, 0.2) is 0 Å². The lowest BCUT2D eigenvalue weighted by Gasteiger charge is -2.37. The van der Waals surface area contributed by atoms with Gasteiger partial charge in [-0.25, -0.2) is 4.39 Å². The molecule has 2 aromatic rings. The van der Waals surface area contributed by atoms with Gasteiger partial charge in [-0.3, -0.25) is 14.4 Å². The number of ether oxygens (including phenoxy) is 1. The molecule has 0 unspecified atom stereocenters. The second kappa shape index (κ2) is 8.23. The summed E-state index contributed by atoms with van der Waals surface area (Å²) in [5.41, 5.74) is 1.68. The number of anilines is 1. The van der Waals surface area contributed by atoms with Crippen molar-refractivity contribution in [2.24, 2.45) is 0 Å². The fourth-order valence-corrected chi connectivity index (χ4v) is 4.05. The van der Waals surface area contributed by atoms with Crippen molar-refractivity contribution >= 4 is 23.4 Å². The molecule has 2 atom stereocenters. The lowest BCUT2D eigenvalue weighted by atomic mass is 9.95. The lowest BCUT2D eigenvalue weighted by Crippen LogP contribution is -2.55. The predicted molar refractivity (Wildman–Crippen MR) is 108 cm³/mol. The van der Waals surface area contributed by atoms with Gasteiger partial charge in [0.1, 0.15) is 18.5 Å². The number of carbonyl (C=O) groups is 3. The van der Waals surface area contributed by atoms with Crippen molar-refractivity contribution in [2.75, 3.05) is 25.6 Å². The summed E-state index contributed by atoms with van der Waals surface area (Å²) in [5.74, 6) is -1.22. The summed E-state index contributed by atoms with van der Waals surface area (Å²) in [4.78, 5) is 39.4. The molecule has 4 rings (SSSR count). The molecule has 1 saturated heterocycles. The minimum Gasteiger partial charge on any atom is -0.375 e. The zero-order valence-corrected chi connectivity index (χ0v) is 16.5. The summed E-state index contributed by atoms with van der Waals surface area (Å²) in [6, 6.07) is 10.4. The number of amides is 3. The molecule has 2 aliphatic rings. The number of nitrogens with zero attached hydrogens (tertiary/aromatic N) is 1. The van der Waals surface area contributed by atoms with E-state index >= 15 is 0 Å². The minimum atomic E-state index is -0.691. The Morgan fingerprint density at radius 3 is 2.80 bits per heavy atom. The molecule has 0 aliphatic carbocycles. The van der Waals surface area contributed by atoms with E-state index in [2.05, 4.69) is 10.6 Å². The first-order chi connectivity index (χ1) is 14.5. The van der Waals surface area contributed by atoms with E-state index in [9.17, 15) is 18.8 Å². The molecule has 1 fully saturated rings. The Labute approximate surface area is 173 Å². The van der Waals surface area contributed by atoms with Crippen molar-refractivity contribution in [3.8, 4) is 11.1 Å². The van der Waals surface area contributed by atoms with Crippen LogP contribution in [0.3, 0.4) is 0 Å². The number of hydrogen-bond donors (Lipinski definition) is 2. The van der Waals surface area contributed by atoms with Crippen LogP contribution in [0.4, 0.5) is 10.1 Å². The van der Waals surface area contributed by atoms with Crippen molar-refractivity contribution < 1.29 is 23.5 Å². The maximum Gasteiger partial charge on any atom is 0.256 e. The van der Waals surface area contributed by atoms with Gasteiger partial charge in [-0.2, -0.15) is 0 Å². The highest BCUT2D eigenvalue weighted by Gasteiger charge is 2.40. The zero-order valence-electron chi connectivity index (χ0n) is 16.5. The maximum atomic E-state index is 14.2. The Kier molecular flexibility index (Phi) is 5.50. The van der Waals surface area contributed by atoms with Gasteiger partial charge in [0.25, 0.3) is 5.91 Å². The van der Waals surface area contributed by atoms with E-state index in [0.717, 1.165) is 0 Å². The van der Waals surface area contributed by atoms with E-state index in [-0.39, 0.29) is 36.2 Å². The quantitative estimate of drug-likeness (QED) is 0.807. The lowest BCUT2D eigenvalue weighted by molar-refractivity contribution is -0.127. The molecule has 0 spiro atoms. The molecule has 0 saturated carbocycles. The maximum absolute atomic E-state index is 14.2. The van der Waals surface area contributed by atoms with Crippen molar-refractivity contribution in [3.63, 3.8) is 0 Å². The van der Waals surface area contributed by atoms with Gasteiger partial charge < -0.3 is 20.3 Å². The summed E-state index contributed by atoms with van der Waals surface area (Å²) in [6.07, 6.45) is 0.856. The molecular formula is C22H22FN3O4. The van der Waals surface area contributed by atoms with E-state index in [1.807, 2.05) is 0 Å². The van der Waals surface area contributed by atoms with E-state index < -0.39 is 6.04 Å². The third-order valence-corrected chi connectivity index (χ3v) is 5.50. The van der Waals surface area contributed by atoms with Crippen molar-refractivity contribution in [1.29, 1.82) is 0 Å². The van der Waals surface area contributed by atoms with Crippen LogP contribution in [0.25, 0.3) is 11.1 Å². The van der Waals surface area contributed by atoms with E-state index in [1.165, 1.54) is 18.1 Å². The molecule has 8 heteroatoms. The number of carbonyl (C=O) groups excluding carboxylic acids is 3. The van der Waals surface area contributed by atoms with E-state index in [4.69, 9.17) is 4.74 Å². The van der Waals surface area contributed by atoms with Gasteiger partial charge in [-0.15, -0.1) is 0 Å². The van der Waals surface area contributed by atoms with Crippen LogP contribution in [0, 0.1) is 5.82 Å². The average molecular weight is 411 g/mol. The summed E-state index contributed by atoms with van der Waals surface area (Å²) in [7, 11) is 1.44. The second-order valence-electron chi connectivity index (χ2n) is 7.47. The van der Waals surface area contributed by atoms with Crippen LogP contribution in [0.15, 0.2) is 42.5 Å². The molecule has 0 bridgehead atoms. The number of piperidine rings is 1. The Morgan fingerprint density at radius 1 is 1.23 bits per heavy atom. The smallest absolute Gasteiger partial charge is 0.256 e. The fourth-order valence-electron chi connectivity index (χ4n) is 4.05. The number of methoxy groups -OCH3 is 1. The second-order valence-corrected chi connectivity index (χ2v) is 7.47. The first-order valence-electron chi connectivity index (χ1n) is 9.77. The SMILES string of the molecule is COCC(=O)N[C@H]1CCN2C(=O)c3cc(-c4ccccc4F)ccc3NC(=O)[C@@H]2C1. The number of fused-ring (bicyclic) bond motifs is 2. The summed E-state index contributed by atoms with van der Waals surface area (Å²) >= 11 is 0. The van der Waals surface area contributed by atoms with E-state index in [0.29, 0.717) is 41.8 Å². The Bertz CT molecular complexity index is 1010. The largest absolute Gasteiger partial charge is 0.375 e. The molecule has 2 heterocycles. The molecule has 3 amide bonds. The first kappa shape index (κ1) is 20.0. The zero-order chi connectivity index (χ0) is 21.3. The summed E-state index contributed by atoms with van der Waals surface area (Å²) in [6.45, 7) is 0.276. The monoisotopic (exact) mass is 411 g/mol. The number of benzene rings is 2. The first-order valence-corrected chi connectivity index (χ1v) is 9.77.